The maximum Gasteiger partial charge on any atom is 0.175 e. The highest BCUT2D eigenvalue weighted by Crippen LogP contribution is 2.27. The van der Waals surface area contributed by atoms with Crippen molar-refractivity contribution in [3.63, 3.8) is 0 Å². The van der Waals surface area contributed by atoms with Crippen molar-refractivity contribution in [1.82, 2.24) is 30.2 Å². The first-order valence-corrected chi connectivity index (χ1v) is 4.10. The summed E-state index contributed by atoms with van der Waals surface area (Å²) in [4.78, 5) is 8.35. The van der Waals surface area contributed by atoms with E-state index in [4.69, 9.17) is 4.74 Å². The minimum Gasteiger partial charge on any atom is -0.366 e. The maximum absolute atomic E-state index is 5.10. The number of hydrogen-bond acceptors (Lipinski definition) is 6. The van der Waals surface area contributed by atoms with Crippen LogP contribution < -0.4 is 0 Å². The Bertz CT molecular complexity index is 437. The molecule has 0 aromatic carbocycles. The minimum atomic E-state index is 0.0962. The molecular weight excluding hydrogens is 184 g/mol. The molecule has 1 unspecified atom stereocenters. The summed E-state index contributed by atoms with van der Waals surface area (Å²) in [5, 5.41) is 10.8. The number of hydrogen-bond donors (Lipinski definition) is 0. The first kappa shape index (κ1) is 7.51. The molecule has 7 nitrogen and oxygen atoms in total. The molecule has 14 heavy (non-hydrogen) atoms. The van der Waals surface area contributed by atoms with Gasteiger partial charge in [-0.15, -0.1) is 5.10 Å². The van der Waals surface area contributed by atoms with E-state index in [1.807, 2.05) is 0 Å². The summed E-state index contributed by atoms with van der Waals surface area (Å²) >= 11 is 0. The summed E-state index contributed by atoms with van der Waals surface area (Å²) < 4.78 is 6.56. The molecule has 1 fully saturated rings. The molecule has 70 valence electrons. The molecule has 0 amide bonds. The molecule has 1 atom stereocenters. The van der Waals surface area contributed by atoms with E-state index in [-0.39, 0.29) is 6.10 Å². The fourth-order valence-corrected chi connectivity index (χ4v) is 1.12. The standard InChI is InChI=1S/C7H6N6O/c1-5(6-3-14-6)10-7(2-8-1)13-4-9-11-12-13/h1-2,4,6H,3H2. The molecule has 0 saturated carbocycles. The molecule has 0 radical (unpaired) electrons. The Balaban J connectivity index is 2.02. The minimum absolute atomic E-state index is 0.0962. The molecule has 3 heterocycles. The van der Waals surface area contributed by atoms with Gasteiger partial charge in [-0.25, -0.2) is 4.98 Å². The highest BCUT2D eigenvalue weighted by atomic mass is 16.6. The molecule has 0 aliphatic carbocycles. The van der Waals surface area contributed by atoms with Gasteiger partial charge in [0.2, 0.25) is 0 Å². The molecule has 3 rings (SSSR count). The molecule has 2 aromatic heterocycles. The van der Waals surface area contributed by atoms with Crippen LogP contribution in [0.3, 0.4) is 0 Å². The van der Waals surface area contributed by atoms with E-state index in [0.29, 0.717) is 12.4 Å². The highest BCUT2D eigenvalue weighted by Gasteiger charge is 2.26. The van der Waals surface area contributed by atoms with Crippen LogP contribution in [0.15, 0.2) is 18.7 Å². The van der Waals surface area contributed by atoms with Gasteiger partial charge in [0.25, 0.3) is 0 Å². The van der Waals surface area contributed by atoms with Crippen LogP contribution in [-0.4, -0.2) is 36.8 Å². The molecule has 0 spiro atoms. The number of nitrogens with zero attached hydrogens (tertiary/aromatic N) is 6. The number of aromatic nitrogens is 6. The largest absolute Gasteiger partial charge is 0.366 e. The van der Waals surface area contributed by atoms with Crippen molar-refractivity contribution in [1.29, 1.82) is 0 Å². The van der Waals surface area contributed by atoms with Crippen molar-refractivity contribution < 1.29 is 4.74 Å². The molecule has 2 aromatic rings. The van der Waals surface area contributed by atoms with Crippen molar-refractivity contribution in [2.24, 2.45) is 0 Å². The topological polar surface area (TPSA) is 81.9 Å². The molecule has 7 heteroatoms. The lowest BCUT2D eigenvalue weighted by Crippen LogP contribution is -2.01. The SMILES string of the molecule is c1ncc(-n2cnnn2)nc1C1CO1. The van der Waals surface area contributed by atoms with Crippen LogP contribution >= 0.6 is 0 Å². The van der Waals surface area contributed by atoms with Crippen molar-refractivity contribution in [2.75, 3.05) is 6.61 Å². The monoisotopic (exact) mass is 190 g/mol. The Morgan fingerprint density at radius 1 is 1.43 bits per heavy atom. The fraction of sp³-hybridized carbons (Fsp3) is 0.286. The zero-order valence-corrected chi connectivity index (χ0v) is 7.11. The van der Waals surface area contributed by atoms with E-state index in [1.54, 1.807) is 12.4 Å². The molecular formula is C7H6N6O. The molecule has 1 saturated heterocycles. The quantitative estimate of drug-likeness (QED) is 0.595. The van der Waals surface area contributed by atoms with Crippen LogP contribution in [0.1, 0.15) is 11.8 Å². The molecule has 0 N–H and O–H groups in total. The van der Waals surface area contributed by atoms with Gasteiger partial charge in [0.05, 0.1) is 24.7 Å². The Morgan fingerprint density at radius 3 is 3.07 bits per heavy atom. The Hall–Kier alpha value is -1.89. The van der Waals surface area contributed by atoms with Gasteiger partial charge in [-0.1, -0.05) is 0 Å². The van der Waals surface area contributed by atoms with Gasteiger partial charge in [-0.2, -0.15) is 4.68 Å². The van der Waals surface area contributed by atoms with Crippen LogP contribution in [0.5, 0.6) is 0 Å². The van der Waals surface area contributed by atoms with Crippen molar-refractivity contribution in [2.45, 2.75) is 6.10 Å². The van der Waals surface area contributed by atoms with Gasteiger partial charge in [-0.3, -0.25) is 4.98 Å². The van der Waals surface area contributed by atoms with Crippen LogP contribution in [0.4, 0.5) is 0 Å². The van der Waals surface area contributed by atoms with E-state index in [1.165, 1.54) is 11.0 Å². The van der Waals surface area contributed by atoms with Gasteiger partial charge in [0.15, 0.2) is 5.82 Å². The Kier molecular flexibility index (Phi) is 1.51. The zero-order chi connectivity index (χ0) is 9.38. The summed E-state index contributed by atoms with van der Waals surface area (Å²) in [6, 6.07) is 0. The second-order valence-corrected chi connectivity index (χ2v) is 2.88. The Morgan fingerprint density at radius 2 is 2.36 bits per heavy atom. The Labute approximate surface area is 78.7 Å². The van der Waals surface area contributed by atoms with Crippen molar-refractivity contribution in [3.05, 3.63) is 24.4 Å². The van der Waals surface area contributed by atoms with Crippen LogP contribution in [0.25, 0.3) is 5.82 Å². The number of ether oxygens (including phenoxy) is 1. The average Bonchev–Trinajstić information content (AvgIpc) is 2.94. The fourth-order valence-electron chi connectivity index (χ4n) is 1.12. The van der Waals surface area contributed by atoms with Crippen molar-refractivity contribution >= 4 is 0 Å². The van der Waals surface area contributed by atoms with Crippen molar-refractivity contribution in [3.8, 4) is 5.82 Å². The van der Waals surface area contributed by atoms with Gasteiger partial charge in [0, 0.05) is 0 Å². The third-order valence-corrected chi connectivity index (χ3v) is 1.89. The maximum atomic E-state index is 5.10. The normalized spacial score (nSPS) is 19.6. The third-order valence-electron chi connectivity index (χ3n) is 1.89. The van der Waals surface area contributed by atoms with E-state index in [2.05, 4.69) is 25.5 Å². The summed E-state index contributed by atoms with van der Waals surface area (Å²) in [7, 11) is 0. The van der Waals surface area contributed by atoms with E-state index >= 15 is 0 Å². The predicted octanol–water partition coefficient (Wildman–Crippen LogP) is -0.476. The summed E-state index contributed by atoms with van der Waals surface area (Å²) in [6.07, 6.45) is 4.86. The highest BCUT2D eigenvalue weighted by molar-refractivity contribution is 5.19. The average molecular weight is 190 g/mol. The lowest BCUT2D eigenvalue weighted by atomic mass is 10.3. The smallest absolute Gasteiger partial charge is 0.175 e. The first-order valence-electron chi connectivity index (χ1n) is 4.10. The summed E-state index contributed by atoms with van der Waals surface area (Å²) in [5.41, 5.74) is 0.818. The number of tetrazole rings is 1. The van der Waals surface area contributed by atoms with Gasteiger partial charge in [-0.05, 0) is 10.4 Å². The predicted molar refractivity (Wildman–Crippen MR) is 43.4 cm³/mol. The van der Waals surface area contributed by atoms with E-state index in [0.717, 1.165) is 5.69 Å². The summed E-state index contributed by atoms with van der Waals surface area (Å²) in [6.45, 7) is 0.716. The molecule has 1 aliphatic heterocycles. The molecule has 1 aliphatic rings. The first-order chi connectivity index (χ1) is 6.93. The lowest BCUT2D eigenvalue weighted by Gasteiger charge is -1.98. The van der Waals surface area contributed by atoms with Gasteiger partial charge in [0.1, 0.15) is 12.4 Å². The lowest BCUT2D eigenvalue weighted by molar-refractivity contribution is 0.410. The second-order valence-electron chi connectivity index (χ2n) is 2.88. The molecule has 0 bridgehead atoms. The number of rotatable bonds is 2. The van der Waals surface area contributed by atoms with E-state index in [9.17, 15) is 0 Å². The van der Waals surface area contributed by atoms with Gasteiger partial charge >= 0.3 is 0 Å². The second kappa shape index (κ2) is 2.81. The van der Waals surface area contributed by atoms with Gasteiger partial charge < -0.3 is 4.74 Å². The van der Waals surface area contributed by atoms with Crippen LogP contribution in [0.2, 0.25) is 0 Å². The third kappa shape index (κ3) is 1.23. The van der Waals surface area contributed by atoms with Crippen LogP contribution in [-0.2, 0) is 4.74 Å². The van der Waals surface area contributed by atoms with Crippen LogP contribution in [0, 0.1) is 0 Å². The van der Waals surface area contributed by atoms with E-state index < -0.39 is 0 Å². The number of epoxide rings is 1. The zero-order valence-electron chi connectivity index (χ0n) is 7.11. The summed E-state index contributed by atoms with van der Waals surface area (Å²) in [5.74, 6) is 0.600.